The van der Waals surface area contributed by atoms with Gasteiger partial charge in [-0.2, -0.15) is 0 Å². The summed E-state index contributed by atoms with van der Waals surface area (Å²) < 4.78 is 5.47. The fourth-order valence-electron chi connectivity index (χ4n) is 3.84. The van der Waals surface area contributed by atoms with Crippen molar-refractivity contribution >= 4 is 5.96 Å². The molecule has 0 aliphatic carbocycles. The van der Waals surface area contributed by atoms with Gasteiger partial charge < -0.3 is 15.2 Å². The lowest BCUT2D eigenvalue weighted by Crippen LogP contribution is -2.63. The van der Waals surface area contributed by atoms with Crippen molar-refractivity contribution in [3.05, 3.63) is 17.5 Å². The van der Waals surface area contributed by atoms with Crippen molar-refractivity contribution in [3.8, 4) is 0 Å². The van der Waals surface area contributed by atoms with Gasteiger partial charge in [-0.3, -0.25) is 14.8 Å². The van der Waals surface area contributed by atoms with Crippen LogP contribution in [0.15, 0.2) is 15.6 Å². The molecule has 3 aliphatic rings. The van der Waals surface area contributed by atoms with Crippen LogP contribution < -0.4 is 10.6 Å². The van der Waals surface area contributed by atoms with Crippen LogP contribution in [0.4, 0.5) is 0 Å². The summed E-state index contributed by atoms with van der Waals surface area (Å²) in [4.78, 5) is 9.46. The summed E-state index contributed by atoms with van der Waals surface area (Å²) in [6.07, 6.45) is 2.18. The lowest BCUT2D eigenvalue weighted by molar-refractivity contribution is 0.0154. The summed E-state index contributed by atoms with van der Waals surface area (Å²) in [6.45, 7) is 11.9. The lowest BCUT2D eigenvalue weighted by atomic mass is 9.99. The van der Waals surface area contributed by atoms with Crippen LogP contribution in [0.2, 0.25) is 0 Å². The normalized spacial score (nSPS) is 26.2. The van der Waals surface area contributed by atoms with Crippen molar-refractivity contribution in [2.45, 2.75) is 45.2 Å². The average Bonchev–Trinajstić information content (AvgIpc) is 3.13. The van der Waals surface area contributed by atoms with Gasteiger partial charge in [0.2, 0.25) is 0 Å². The molecule has 1 atom stereocenters. The largest absolute Gasteiger partial charge is 0.359 e. The molecule has 3 fully saturated rings. The summed E-state index contributed by atoms with van der Waals surface area (Å²) in [5.74, 6) is 2.16. The molecule has 7 nitrogen and oxygen atoms in total. The molecule has 140 valence electrons. The van der Waals surface area contributed by atoms with Crippen molar-refractivity contribution in [3.63, 3.8) is 0 Å². The van der Waals surface area contributed by atoms with E-state index in [1.807, 2.05) is 7.05 Å². The number of nitrogens with zero attached hydrogens (tertiary/aromatic N) is 4. The number of rotatable bonds is 7. The molecule has 0 saturated carbocycles. The Balaban J connectivity index is 1.45. The molecule has 3 saturated heterocycles. The van der Waals surface area contributed by atoms with E-state index in [4.69, 9.17) is 4.52 Å². The number of piperazine rings is 3. The minimum absolute atomic E-state index is 0.487. The monoisotopic (exact) mass is 348 g/mol. The second-order valence-corrected chi connectivity index (χ2v) is 7.03. The molecule has 3 aliphatic heterocycles. The maximum atomic E-state index is 5.47. The fourth-order valence-corrected chi connectivity index (χ4v) is 3.84. The first-order chi connectivity index (χ1) is 12.2. The van der Waals surface area contributed by atoms with E-state index >= 15 is 0 Å². The average molecular weight is 348 g/mol. The molecule has 2 bridgehead atoms. The SMILES string of the molecule is CCC(CC)c1cc(CNC(=NC)NCC2CN3CCN2CC3)on1. The molecule has 1 unspecified atom stereocenters. The number of aliphatic imine (C=N–C) groups is 1. The summed E-state index contributed by atoms with van der Waals surface area (Å²) in [7, 11) is 1.81. The van der Waals surface area contributed by atoms with Crippen molar-refractivity contribution < 1.29 is 4.52 Å². The van der Waals surface area contributed by atoms with Gasteiger partial charge in [0.25, 0.3) is 0 Å². The molecule has 0 spiro atoms. The van der Waals surface area contributed by atoms with Crippen LogP contribution in [0.1, 0.15) is 44.1 Å². The van der Waals surface area contributed by atoms with E-state index in [2.05, 4.69) is 50.5 Å². The number of hydrogen-bond donors (Lipinski definition) is 2. The summed E-state index contributed by atoms with van der Waals surface area (Å²) in [6, 6.07) is 2.64. The van der Waals surface area contributed by atoms with Crippen LogP contribution in [-0.2, 0) is 6.54 Å². The van der Waals surface area contributed by atoms with Gasteiger partial charge in [-0.15, -0.1) is 0 Å². The van der Waals surface area contributed by atoms with Crippen LogP contribution in [-0.4, -0.2) is 73.3 Å². The highest BCUT2D eigenvalue weighted by Crippen LogP contribution is 2.22. The van der Waals surface area contributed by atoms with E-state index in [1.54, 1.807) is 0 Å². The van der Waals surface area contributed by atoms with E-state index in [1.165, 1.54) is 26.2 Å². The van der Waals surface area contributed by atoms with Gasteiger partial charge in [-0.05, 0) is 12.8 Å². The molecule has 0 aromatic carbocycles. The summed E-state index contributed by atoms with van der Waals surface area (Å²) in [5.41, 5.74) is 1.06. The van der Waals surface area contributed by atoms with Gasteiger partial charge >= 0.3 is 0 Å². The second kappa shape index (κ2) is 8.67. The smallest absolute Gasteiger partial charge is 0.191 e. The van der Waals surface area contributed by atoms with Gasteiger partial charge in [0.05, 0.1) is 12.2 Å². The third-order valence-electron chi connectivity index (χ3n) is 5.53. The number of aromatic nitrogens is 1. The number of fused-ring (bicyclic) bond motifs is 3. The van der Waals surface area contributed by atoms with Crippen LogP contribution >= 0.6 is 0 Å². The maximum absolute atomic E-state index is 5.47. The Morgan fingerprint density at radius 1 is 1.28 bits per heavy atom. The second-order valence-electron chi connectivity index (χ2n) is 7.03. The first kappa shape index (κ1) is 18.2. The molecule has 4 rings (SSSR count). The first-order valence-electron chi connectivity index (χ1n) is 9.59. The summed E-state index contributed by atoms with van der Waals surface area (Å²) in [5, 5.41) is 11.0. The summed E-state index contributed by atoms with van der Waals surface area (Å²) >= 11 is 0. The molecule has 7 heteroatoms. The molecule has 0 amide bonds. The molecule has 2 N–H and O–H groups in total. The van der Waals surface area contributed by atoms with Crippen LogP contribution in [0.5, 0.6) is 0 Å². The van der Waals surface area contributed by atoms with E-state index < -0.39 is 0 Å². The molecule has 4 heterocycles. The maximum Gasteiger partial charge on any atom is 0.191 e. The molecule has 1 aromatic rings. The van der Waals surface area contributed by atoms with E-state index in [-0.39, 0.29) is 0 Å². The van der Waals surface area contributed by atoms with Crippen molar-refractivity contribution in [1.29, 1.82) is 0 Å². The third-order valence-corrected chi connectivity index (χ3v) is 5.53. The minimum Gasteiger partial charge on any atom is -0.359 e. The fraction of sp³-hybridized carbons (Fsp3) is 0.778. The Morgan fingerprint density at radius 2 is 2.04 bits per heavy atom. The number of nitrogens with one attached hydrogen (secondary N) is 2. The van der Waals surface area contributed by atoms with Crippen molar-refractivity contribution in [2.24, 2.45) is 4.99 Å². The van der Waals surface area contributed by atoms with E-state index in [0.29, 0.717) is 18.5 Å². The number of guanidine groups is 1. The minimum atomic E-state index is 0.487. The zero-order valence-corrected chi connectivity index (χ0v) is 15.8. The van der Waals surface area contributed by atoms with Gasteiger partial charge in [0, 0.05) is 64.3 Å². The Labute approximate surface area is 150 Å². The molecule has 0 radical (unpaired) electrons. The zero-order valence-electron chi connectivity index (χ0n) is 15.8. The first-order valence-corrected chi connectivity index (χ1v) is 9.59. The highest BCUT2D eigenvalue weighted by atomic mass is 16.5. The zero-order chi connectivity index (χ0) is 17.6. The lowest BCUT2D eigenvalue weighted by Gasteiger charge is -2.47. The quantitative estimate of drug-likeness (QED) is 0.571. The van der Waals surface area contributed by atoms with Crippen molar-refractivity contribution in [1.82, 2.24) is 25.6 Å². The van der Waals surface area contributed by atoms with Crippen LogP contribution in [0, 0.1) is 0 Å². The topological polar surface area (TPSA) is 68.9 Å². The highest BCUT2D eigenvalue weighted by Gasteiger charge is 2.31. The Kier molecular flexibility index (Phi) is 6.31. The Hall–Kier alpha value is -1.60. The Morgan fingerprint density at radius 3 is 2.64 bits per heavy atom. The standard InChI is InChI=1S/C18H32N6O/c1-4-14(5-2)17-10-16(25-22-17)12-21-18(19-3)20-11-15-13-23-6-8-24(15)9-7-23/h10,14-15H,4-9,11-13H2,1-3H3,(H2,19,20,21). The molecular formula is C18H32N6O. The molecule has 25 heavy (non-hydrogen) atoms. The third kappa shape index (κ3) is 4.52. The predicted molar refractivity (Wildman–Crippen MR) is 99.8 cm³/mol. The number of hydrogen-bond acceptors (Lipinski definition) is 5. The van der Waals surface area contributed by atoms with Crippen LogP contribution in [0.25, 0.3) is 0 Å². The molecular weight excluding hydrogens is 316 g/mol. The van der Waals surface area contributed by atoms with E-state index in [9.17, 15) is 0 Å². The van der Waals surface area contributed by atoms with Gasteiger partial charge in [-0.25, -0.2) is 0 Å². The highest BCUT2D eigenvalue weighted by molar-refractivity contribution is 5.79. The van der Waals surface area contributed by atoms with Gasteiger partial charge in [0.15, 0.2) is 11.7 Å². The van der Waals surface area contributed by atoms with Gasteiger partial charge in [0.1, 0.15) is 0 Å². The van der Waals surface area contributed by atoms with Gasteiger partial charge in [-0.1, -0.05) is 19.0 Å². The van der Waals surface area contributed by atoms with Crippen LogP contribution in [0.3, 0.4) is 0 Å². The van der Waals surface area contributed by atoms with Crippen molar-refractivity contribution in [2.75, 3.05) is 46.3 Å². The molecule has 1 aromatic heterocycles. The predicted octanol–water partition coefficient (Wildman–Crippen LogP) is 1.24. The Bertz CT molecular complexity index is 560. The van der Waals surface area contributed by atoms with E-state index in [0.717, 1.165) is 43.3 Å².